The van der Waals surface area contributed by atoms with Crippen molar-refractivity contribution < 1.29 is 9.53 Å². The van der Waals surface area contributed by atoms with Crippen LogP contribution in [0, 0.1) is 13.8 Å². The van der Waals surface area contributed by atoms with Crippen molar-refractivity contribution in [2.45, 2.75) is 46.8 Å². The zero-order valence-corrected chi connectivity index (χ0v) is 15.1. The van der Waals surface area contributed by atoms with Gasteiger partial charge in [-0.1, -0.05) is 30.3 Å². The molecule has 0 saturated heterocycles. The van der Waals surface area contributed by atoms with Crippen molar-refractivity contribution in [1.29, 1.82) is 0 Å². The van der Waals surface area contributed by atoms with Crippen molar-refractivity contribution in [3.63, 3.8) is 0 Å². The van der Waals surface area contributed by atoms with Crippen LogP contribution in [0.4, 0.5) is 10.5 Å². The van der Waals surface area contributed by atoms with Gasteiger partial charge in [0.1, 0.15) is 5.60 Å². The fourth-order valence-corrected chi connectivity index (χ4v) is 2.58. The molecule has 0 atom stereocenters. The summed E-state index contributed by atoms with van der Waals surface area (Å²) in [7, 11) is 0. The lowest BCUT2D eigenvalue weighted by atomic mass is 9.94. The summed E-state index contributed by atoms with van der Waals surface area (Å²) in [5.74, 6) is 0. The molecule has 128 valence electrons. The van der Waals surface area contributed by atoms with Crippen LogP contribution >= 0.6 is 0 Å². The molecule has 0 radical (unpaired) electrons. The molecule has 24 heavy (non-hydrogen) atoms. The minimum absolute atomic E-state index is 0.401. The number of ether oxygens (including phenoxy) is 1. The monoisotopic (exact) mass is 326 g/mol. The quantitative estimate of drug-likeness (QED) is 0.812. The number of aryl methyl sites for hydroxylation is 2. The molecule has 0 fully saturated rings. The molecule has 2 aromatic rings. The second-order valence-electron chi connectivity index (χ2n) is 7.04. The third-order valence-electron chi connectivity index (χ3n) is 3.74. The fourth-order valence-electron chi connectivity index (χ4n) is 2.58. The van der Waals surface area contributed by atoms with Crippen LogP contribution < -0.4 is 11.1 Å². The summed E-state index contributed by atoms with van der Waals surface area (Å²) in [6.45, 7) is 10.0. The smallest absolute Gasteiger partial charge is 0.407 e. The molecule has 2 rings (SSSR count). The van der Waals surface area contributed by atoms with Crippen molar-refractivity contribution in [2.24, 2.45) is 0 Å². The van der Waals surface area contributed by atoms with Crippen molar-refractivity contribution in [3.8, 4) is 11.1 Å². The number of benzene rings is 2. The SMILES string of the molecule is Cc1cc(C)c(-c2ccccc2CNC(=O)OC(C)(C)C)cc1N. The van der Waals surface area contributed by atoms with E-state index in [1.165, 1.54) is 0 Å². The lowest BCUT2D eigenvalue weighted by Crippen LogP contribution is -2.32. The molecule has 3 N–H and O–H groups in total. The van der Waals surface area contributed by atoms with Gasteiger partial charge in [0.2, 0.25) is 0 Å². The van der Waals surface area contributed by atoms with Crippen LogP contribution in [0.1, 0.15) is 37.5 Å². The first-order valence-corrected chi connectivity index (χ1v) is 8.09. The van der Waals surface area contributed by atoms with E-state index in [1.807, 2.05) is 58.0 Å². The maximum absolute atomic E-state index is 11.9. The molecule has 0 saturated carbocycles. The molecule has 4 heteroatoms. The average Bonchev–Trinajstić information content (AvgIpc) is 2.47. The number of hydrogen-bond acceptors (Lipinski definition) is 3. The predicted octanol–water partition coefficient (Wildman–Crippen LogP) is 4.58. The van der Waals surface area contributed by atoms with Crippen LogP contribution in [-0.4, -0.2) is 11.7 Å². The number of nitrogens with two attached hydrogens (primary N) is 1. The van der Waals surface area contributed by atoms with Gasteiger partial charge >= 0.3 is 6.09 Å². The van der Waals surface area contributed by atoms with Gasteiger partial charge in [-0.25, -0.2) is 4.79 Å². The third-order valence-corrected chi connectivity index (χ3v) is 3.74. The molecule has 0 heterocycles. The van der Waals surface area contributed by atoms with E-state index in [-0.39, 0.29) is 0 Å². The largest absolute Gasteiger partial charge is 0.444 e. The van der Waals surface area contributed by atoms with Gasteiger partial charge in [-0.2, -0.15) is 0 Å². The maximum Gasteiger partial charge on any atom is 0.407 e. The van der Waals surface area contributed by atoms with Crippen molar-refractivity contribution in [2.75, 3.05) is 5.73 Å². The Morgan fingerprint density at radius 2 is 1.75 bits per heavy atom. The van der Waals surface area contributed by atoms with Crippen molar-refractivity contribution >= 4 is 11.8 Å². The zero-order valence-electron chi connectivity index (χ0n) is 15.1. The summed E-state index contributed by atoms with van der Waals surface area (Å²) in [6, 6.07) is 12.1. The van der Waals surface area contributed by atoms with E-state index in [0.29, 0.717) is 6.54 Å². The fraction of sp³-hybridized carbons (Fsp3) is 0.350. The minimum Gasteiger partial charge on any atom is -0.444 e. The Kier molecular flexibility index (Phi) is 5.17. The standard InChI is InChI=1S/C20H26N2O2/c1-13-10-14(2)18(21)11-17(13)16-9-7-6-8-15(16)12-22-19(23)24-20(3,4)5/h6-11H,12,21H2,1-5H3,(H,22,23). The van der Waals surface area contributed by atoms with E-state index in [9.17, 15) is 4.79 Å². The lowest BCUT2D eigenvalue weighted by Gasteiger charge is -2.20. The summed E-state index contributed by atoms with van der Waals surface area (Å²) >= 11 is 0. The summed E-state index contributed by atoms with van der Waals surface area (Å²) in [4.78, 5) is 11.9. The van der Waals surface area contributed by atoms with E-state index in [2.05, 4.69) is 18.3 Å². The van der Waals surface area contributed by atoms with Gasteiger partial charge in [0.05, 0.1) is 0 Å². The highest BCUT2D eigenvalue weighted by Gasteiger charge is 2.16. The highest BCUT2D eigenvalue weighted by Crippen LogP contribution is 2.30. The Bertz CT molecular complexity index is 746. The van der Waals surface area contributed by atoms with E-state index in [4.69, 9.17) is 10.5 Å². The lowest BCUT2D eigenvalue weighted by molar-refractivity contribution is 0.0523. The normalized spacial score (nSPS) is 11.2. The molecular formula is C20H26N2O2. The molecule has 0 spiro atoms. The topological polar surface area (TPSA) is 64.3 Å². The van der Waals surface area contributed by atoms with Gasteiger partial charge < -0.3 is 15.8 Å². The molecule has 0 aliphatic heterocycles. The first-order chi connectivity index (χ1) is 11.2. The maximum atomic E-state index is 11.9. The number of nitrogen functional groups attached to an aromatic ring is 1. The number of nitrogens with one attached hydrogen (secondary N) is 1. The number of rotatable bonds is 3. The number of carbonyl (C=O) groups is 1. The minimum atomic E-state index is -0.508. The number of alkyl carbamates (subject to hydrolysis) is 1. The van der Waals surface area contributed by atoms with E-state index >= 15 is 0 Å². The van der Waals surface area contributed by atoms with Crippen LogP contribution in [-0.2, 0) is 11.3 Å². The Hall–Kier alpha value is -2.49. The summed E-state index contributed by atoms with van der Waals surface area (Å²) in [6.07, 6.45) is -0.419. The second kappa shape index (κ2) is 6.95. The molecular weight excluding hydrogens is 300 g/mol. The Morgan fingerprint density at radius 3 is 2.42 bits per heavy atom. The van der Waals surface area contributed by atoms with Gasteiger partial charge in [-0.15, -0.1) is 0 Å². The number of hydrogen-bond donors (Lipinski definition) is 2. The van der Waals surface area contributed by atoms with Gasteiger partial charge in [0.25, 0.3) is 0 Å². The first kappa shape index (κ1) is 17.9. The zero-order chi connectivity index (χ0) is 17.9. The summed E-state index contributed by atoms with van der Waals surface area (Å²) in [5.41, 5.74) is 11.7. The van der Waals surface area contributed by atoms with Gasteiger partial charge in [-0.05, 0) is 68.5 Å². The van der Waals surface area contributed by atoms with Crippen LogP contribution in [0.5, 0.6) is 0 Å². The van der Waals surface area contributed by atoms with Crippen LogP contribution in [0.2, 0.25) is 0 Å². The molecule has 1 amide bonds. The molecule has 0 aliphatic rings. The Balaban J connectivity index is 2.26. The summed E-state index contributed by atoms with van der Waals surface area (Å²) < 4.78 is 5.29. The Morgan fingerprint density at radius 1 is 1.08 bits per heavy atom. The third kappa shape index (κ3) is 4.51. The van der Waals surface area contributed by atoms with Gasteiger partial charge in [0.15, 0.2) is 0 Å². The van der Waals surface area contributed by atoms with Gasteiger partial charge in [-0.3, -0.25) is 0 Å². The average molecular weight is 326 g/mol. The summed E-state index contributed by atoms with van der Waals surface area (Å²) in [5, 5.41) is 2.82. The van der Waals surface area contributed by atoms with Crippen molar-refractivity contribution in [1.82, 2.24) is 5.32 Å². The molecule has 0 bridgehead atoms. The molecule has 2 aromatic carbocycles. The van der Waals surface area contributed by atoms with Crippen LogP contribution in [0.3, 0.4) is 0 Å². The van der Waals surface area contributed by atoms with Crippen LogP contribution in [0.15, 0.2) is 36.4 Å². The molecule has 4 nitrogen and oxygen atoms in total. The highest BCUT2D eigenvalue weighted by atomic mass is 16.6. The molecule has 0 aliphatic carbocycles. The second-order valence-corrected chi connectivity index (χ2v) is 7.04. The van der Waals surface area contributed by atoms with E-state index in [1.54, 1.807) is 0 Å². The molecule has 0 unspecified atom stereocenters. The predicted molar refractivity (Wildman–Crippen MR) is 98.8 cm³/mol. The van der Waals surface area contributed by atoms with E-state index in [0.717, 1.165) is 33.5 Å². The number of carbonyl (C=O) groups excluding carboxylic acids is 1. The van der Waals surface area contributed by atoms with Crippen molar-refractivity contribution in [3.05, 3.63) is 53.1 Å². The highest BCUT2D eigenvalue weighted by molar-refractivity contribution is 5.75. The first-order valence-electron chi connectivity index (χ1n) is 8.09. The van der Waals surface area contributed by atoms with Crippen LogP contribution in [0.25, 0.3) is 11.1 Å². The van der Waals surface area contributed by atoms with Gasteiger partial charge in [0, 0.05) is 12.2 Å². The number of amides is 1. The molecule has 0 aromatic heterocycles. The number of anilines is 1. The Labute approximate surface area is 144 Å². The van der Waals surface area contributed by atoms with E-state index < -0.39 is 11.7 Å².